The Morgan fingerprint density at radius 3 is 2.73 bits per heavy atom. The van der Waals surface area contributed by atoms with Crippen molar-refractivity contribution in [2.75, 3.05) is 0 Å². The Morgan fingerprint density at radius 2 is 2.27 bits per heavy atom. The molecular formula is C8H10O3. The summed E-state index contributed by atoms with van der Waals surface area (Å²) < 4.78 is 0. The van der Waals surface area contributed by atoms with Gasteiger partial charge in [-0.1, -0.05) is 0 Å². The summed E-state index contributed by atoms with van der Waals surface area (Å²) >= 11 is 0. The summed E-state index contributed by atoms with van der Waals surface area (Å²) in [4.78, 5) is 15.1. The van der Waals surface area contributed by atoms with Crippen molar-refractivity contribution < 1.29 is 14.9 Å². The molecule has 0 aromatic carbocycles. The van der Waals surface area contributed by atoms with E-state index in [0.717, 1.165) is 0 Å². The molecule has 0 bridgehead atoms. The summed E-state index contributed by atoms with van der Waals surface area (Å²) in [7, 11) is 0. The van der Waals surface area contributed by atoms with Crippen molar-refractivity contribution in [2.24, 2.45) is 0 Å². The molecule has 1 aliphatic carbocycles. The summed E-state index contributed by atoms with van der Waals surface area (Å²) in [6.45, 7) is 3.35. The fourth-order valence-electron chi connectivity index (χ4n) is 0.979. The molecule has 0 aromatic heterocycles. The molecular weight excluding hydrogens is 144 g/mol. The Balaban J connectivity index is 2.93. The molecule has 0 amide bonds. The Labute approximate surface area is 64.9 Å². The lowest BCUT2D eigenvalue weighted by molar-refractivity contribution is -0.288. The van der Waals surface area contributed by atoms with Crippen LogP contribution < -0.4 is 0 Å². The molecule has 0 saturated carbocycles. The van der Waals surface area contributed by atoms with Gasteiger partial charge in [-0.25, -0.2) is 4.89 Å². The van der Waals surface area contributed by atoms with Gasteiger partial charge in [-0.05, 0) is 37.6 Å². The molecule has 0 aromatic rings. The predicted molar refractivity (Wildman–Crippen MR) is 40.0 cm³/mol. The van der Waals surface area contributed by atoms with Crippen LogP contribution in [0.15, 0.2) is 23.8 Å². The minimum absolute atomic E-state index is 0.0421. The van der Waals surface area contributed by atoms with Crippen LogP contribution in [0.2, 0.25) is 0 Å². The molecule has 0 saturated heterocycles. The van der Waals surface area contributed by atoms with Crippen LogP contribution in [0.25, 0.3) is 0 Å². The number of rotatable bonds is 1. The molecule has 3 nitrogen and oxygen atoms in total. The van der Waals surface area contributed by atoms with Crippen LogP contribution in [-0.2, 0) is 9.68 Å². The van der Waals surface area contributed by atoms with Gasteiger partial charge in [-0.3, -0.25) is 10.1 Å². The average molecular weight is 154 g/mol. The van der Waals surface area contributed by atoms with Gasteiger partial charge in [0, 0.05) is 0 Å². The van der Waals surface area contributed by atoms with Gasteiger partial charge in [0.1, 0.15) is 5.60 Å². The summed E-state index contributed by atoms with van der Waals surface area (Å²) in [5.74, 6) is -0.0421. The molecule has 0 heterocycles. The molecule has 1 N–H and O–H groups in total. The second-order valence-corrected chi connectivity index (χ2v) is 2.80. The molecule has 0 spiro atoms. The van der Waals surface area contributed by atoms with Crippen molar-refractivity contribution in [1.82, 2.24) is 0 Å². The molecule has 0 aliphatic heterocycles. The van der Waals surface area contributed by atoms with Crippen LogP contribution in [0.1, 0.15) is 13.8 Å². The highest BCUT2D eigenvalue weighted by Crippen LogP contribution is 2.20. The quantitative estimate of drug-likeness (QED) is 0.457. The molecule has 1 atom stereocenters. The molecule has 1 unspecified atom stereocenters. The Bertz CT molecular complexity index is 240. The maximum Gasteiger partial charge on any atom is 0.181 e. The number of carbonyl (C=O) groups is 1. The van der Waals surface area contributed by atoms with Gasteiger partial charge in [-0.15, -0.1) is 0 Å². The molecule has 1 aliphatic rings. The normalized spacial score (nSPS) is 30.5. The highest BCUT2D eigenvalue weighted by molar-refractivity contribution is 6.04. The van der Waals surface area contributed by atoms with Crippen LogP contribution in [0, 0.1) is 0 Å². The highest BCUT2D eigenvalue weighted by Gasteiger charge is 2.24. The molecule has 0 fully saturated rings. The van der Waals surface area contributed by atoms with Gasteiger partial charge in [-0.2, -0.15) is 0 Å². The highest BCUT2D eigenvalue weighted by atomic mass is 17.1. The van der Waals surface area contributed by atoms with Crippen molar-refractivity contribution in [1.29, 1.82) is 0 Å². The molecule has 60 valence electrons. The van der Waals surface area contributed by atoms with E-state index >= 15 is 0 Å². The Kier molecular flexibility index (Phi) is 1.93. The van der Waals surface area contributed by atoms with Crippen molar-refractivity contribution in [3.8, 4) is 0 Å². The second-order valence-electron chi connectivity index (χ2n) is 2.80. The fourth-order valence-corrected chi connectivity index (χ4v) is 0.979. The maximum absolute atomic E-state index is 10.9. The van der Waals surface area contributed by atoms with E-state index in [1.54, 1.807) is 19.9 Å². The zero-order chi connectivity index (χ0) is 8.48. The first-order chi connectivity index (χ1) is 5.07. The van der Waals surface area contributed by atoms with E-state index in [1.165, 1.54) is 12.2 Å². The van der Waals surface area contributed by atoms with Crippen molar-refractivity contribution >= 4 is 5.78 Å². The molecule has 1 rings (SSSR count). The lowest BCUT2D eigenvalue weighted by Crippen LogP contribution is -2.25. The van der Waals surface area contributed by atoms with E-state index < -0.39 is 5.60 Å². The van der Waals surface area contributed by atoms with Gasteiger partial charge in [0.2, 0.25) is 0 Å². The SMILES string of the molecule is CC1=CC(C)(OO)C=CC1=O. The molecule has 11 heavy (non-hydrogen) atoms. The number of allylic oxidation sites excluding steroid dienone is 2. The first-order valence-electron chi connectivity index (χ1n) is 3.33. The van der Waals surface area contributed by atoms with Gasteiger partial charge in [0.25, 0.3) is 0 Å². The van der Waals surface area contributed by atoms with Crippen LogP contribution in [-0.4, -0.2) is 16.6 Å². The van der Waals surface area contributed by atoms with Gasteiger partial charge < -0.3 is 0 Å². The zero-order valence-electron chi connectivity index (χ0n) is 6.50. The number of hydrogen-bond donors (Lipinski definition) is 1. The van der Waals surface area contributed by atoms with E-state index in [4.69, 9.17) is 5.26 Å². The zero-order valence-corrected chi connectivity index (χ0v) is 6.50. The number of ketones is 1. The van der Waals surface area contributed by atoms with Gasteiger partial charge in [0.05, 0.1) is 0 Å². The van der Waals surface area contributed by atoms with E-state index in [1.807, 2.05) is 0 Å². The fraction of sp³-hybridized carbons (Fsp3) is 0.375. The third kappa shape index (κ3) is 1.56. The topological polar surface area (TPSA) is 46.5 Å². The van der Waals surface area contributed by atoms with Gasteiger partial charge >= 0.3 is 0 Å². The third-order valence-corrected chi connectivity index (χ3v) is 1.65. The smallest absolute Gasteiger partial charge is 0.181 e. The monoisotopic (exact) mass is 154 g/mol. The third-order valence-electron chi connectivity index (χ3n) is 1.65. The first kappa shape index (κ1) is 8.17. The first-order valence-corrected chi connectivity index (χ1v) is 3.33. The van der Waals surface area contributed by atoms with Crippen molar-refractivity contribution in [3.05, 3.63) is 23.8 Å². The summed E-state index contributed by atoms with van der Waals surface area (Å²) in [5.41, 5.74) is -0.248. The summed E-state index contributed by atoms with van der Waals surface area (Å²) in [6, 6.07) is 0. The molecule has 0 radical (unpaired) electrons. The Morgan fingerprint density at radius 1 is 1.64 bits per heavy atom. The van der Waals surface area contributed by atoms with Crippen LogP contribution in [0.5, 0.6) is 0 Å². The lowest BCUT2D eigenvalue weighted by atomic mass is 9.95. The van der Waals surface area contributed by atoms with Crippen LogP contribution >= 0.6 is 0 Å². The van der Waals surface area contributed by atoms with E-state index in [2.05, 4.69) is 4.89 Å². The lowest BCUT2D eigenvalue weighted by Gasteiger charge is -2.20. The van der Waals surface area contributed by atoms with Crippen molar-refractivity contribution in [3.63, 3.8) is 0 Å². The summed E-state index contributed by atoms with van der Waals surface area (Å²) in [6.07, 6.45) is 4.49. The number of hydrogen-bond acceptors (Lipinski definition) is 3. The minimum atomic E-state index is -0.835. The largest absolute Gasteiger partial charge is 0.290 e. The Hall–Kier alpha value is -0.930. The minimum Gasteiger partial charge on any atom is -0.290 e. The van der Waals surface area contributed by atoms with E-state index in [-0.39, 0.29) is 5.78 Å². The average Bonchev–Trinajstić information content (AvgIpc) is 1.98. The van der Waals surface area contributed by atoms with Crippen molar-refractivity contribution in [2.45, 2.75) is 19.4 Å². The number of carbonyl (C=O) groups excluding carboxylic acids is 1. The second kappa shape index (κ2) is 2.60. The van der Waals surface area contributed by atoms with E-state index in [0.29, 0.717) is 5.57 Å². The van der Waals surface area contributed by atoms with Crippen LogP contribution in [0.4, 0.5) is 0 Å². The standard InChI is InChI=1S/C8H10O3/c1-6-5-8(2,11-10)4-3-7(6)9/h3-5,10H,1-2H3. The van der Waals surface area contributed by atoms with E-state index in [9.17, 15) is 4.79 Å². The summed E-state index contributed by atoms with van der Waals surface area (Å²) in [5, 5.41) is 8.45. The molecule has 3 heteroatoms. The maximum atomic E-state index is 10.9. The van der Waals surface area contributed by atoms with Crippen LogP contribution in [0.3, 0.4) is 0 Å². The predicted octanol–water partition coefficient (Wildman–Crippen LogP) is 1.32. The van der Waals surface area contributed by atoms with Gasteiger partial charge in [0.15, 0.2) is 5.78 Å².